The number of methoxy groups -OCH3 is 2. The van der Waals surface area contributed by atoms with Crippen LogP contribution in [0.15, 0.2) is 85.3 Å². The van der Waals surface area contributed by atoms with Gasteiger partial charge < -0.3 is 14.0 Å². The highest BCUT2D eigenvalue weighted by atomic mass is 16.5. The van der Waals surface area contributed by atoms with E-state index in [1.165, 1.54) is 5.56 Å². The lowest BCUT2D eigenvalue weighted by molar-refractivity contribution is 0.397. The number of hydrogen-bond donors (Lipinski definition) is 0. The van der Waals surface area contributed by atoms with Crippen molar-refractivity contribution < 1.29 is 9.47 Å². The maximum atomic E-state index is 5.59. The van der Waals surface area contributed by atoms with Gasteiger partial charge in [0.1, 0.15) is 11.5 Å². The van der Waals surface area contributed by atoms with Crippen molar-refractivity contribution in [1.29, 1.82) is 0 Å². The molecule has 4 nitrogen and oxygen atoms in total. The number of hydrogen-bond acceptors (Lipinski definition) is 3. The average molecular weight is 370 g/mol. The fourth-order valence-electron chi connectivity index (χ4n) is 3.46. The van der Waals surface area contributed by atoms with E-state index in [-0.39, 0.29) is 0 Å². The predicted octanol–water partition coefficient (Wildman–Crippen LogP) is 5.28. The van der Waals surface area contributed by atoms with Gasteiger partial charge in [-0.15, -0.1) is 0 Å². The summed E-state index contributed by atoms with van der Waals surface area (Å²) in [6, 6.07) is 22.6. The van der Waals surface area contributed by atoms with Crippen molar-refractivity contribution in [1.82, 2.24) is 9.55 Å². The number of nitrogens with zero attached hydrogens (tertiary/aromatic N) is 2. The maximum Gasteiger partial charge on any atom is 0.131 e. The van der Waals surface area contributed by atoms with Crippen LogP contribution in [0.3, 0.4) is 0 Å². The largest absolute Gasteiger partial charge is 0.496 e. The number of pyridine rings is 1. The minimum atomic E-state index is 0.748. The Hall–Kier alpha value is -3.53. The molecule has 2 heterocycles. The van der Waals surface area contributed by atoms with Gasteiger partial charge in [-0.3, -0.25) is 4.98 Å². The minimum Gasteiger partial charge on any atom is -0.496 e. The van der Waals surface area contributed by atoms with Crippen LogP contribution in [-0.4, -0.2) is 23.8 Å². The van der Waals surface area contributed by atoms with Gasteiger partial charge in [-0.25, -0.2) is 0 Å². The van der Waals surface area contributed by atoms with Gasteiger partial charge in [0.15, 0.2) is 0 Å². The normalized spacial score (nSPS) is 10.6. The third kappa shape index (κ3) is 3.49. The molecule has 4 rings (SSSR count). The van der Waals surface area contributed by atoms with E-state index in [0.29, 0.717) is 0 Å². The molecular weight excluding hydrogens is 348 g/mol. The third-order valence-corrected chi connectivity index (χ3v) is 4.79. The van der Waals surface area contributed by atoms with E-state index in [0.717, 1.165) is 40.4 Å². The molecule has 0 atom stereocenters. The lowest BCUT2D eigenvalue weighted by Crippen LogP contribution is -2.02. The summed E-state index contributed by atoms with van der Waals surface area (Å²) in [6.45, 7) is 0.748. The zero-order valence-corrected chi connectivity index (χ0v) is 16.0. The van der Waals surface area contributed by atoms with Gasteiger partial charge in [-0.05, 0) is 53.1 Å². The molecule has 0 N–H and O–H groups in total. The highest BCUT2D eigenvalue weighted by Gasteiger charge is 2.16. The standard InChI is InChI=1S/C24H22N2O2/c1-27-22-11-4-12-23(28-2)24(22)21-10-6-14-26(21)17-18-7-3-8-19(15-18)20-9-5-13-25-16-20/h3-16H,17H2,1-2H3. The van der Waals surface area contributed by atoms with Crippen LogP contribution in [0.2, 0.25) is 0 Å². The smallest absolute Gasteiger partial charge is 0.131 e. The first-order valence-electron chi connectivity index (χ1n) is 9.16. The first-order valence-corrected chi connectivity index (χ1v) is 9.16. The summed E-state index contributed by atoms with van der Waals surface area (Å²) in [6.07, 6.45) is 5.76. The fourth-order valence-corrected chi connectivity index (χ4v) is 3.46. The number of aromatic nitrogens is 2. The van der Waals surface area contributed by atoms with Gasteiger partial charge in [-0.2, -0.15) is 0 Å². The molecule has 28 heavy (non-hydrogen) atoms. The second-order valence-electron chi connectivity index (χ2n) is 6.50. The van der Waals surface area contributed by atoms with Crippen molar-refractivity contribution in [2.75, 3.05) is 14.2 Å². The van der Waals surface area contributed by atoms with Gasteiger partial charge in [0, 0.05) is 25.1 Å². The van der Waals surface area contributed by atoms with Gasteiger partial charge in [0.2, 0.25) is 0 Å². The van der Waals surface area contributed by atoms with Gasteiger partial charge in [0.25, 0.3) is 0 Å². The Balaban J connectivity index is 1.71. The van der Waals surface area contributed by atoms with Crippen molar-refractivity contribution in [2.24, 2.45) is 0 Å². The van der Waals surface area contributed by atoms with E-state index in [1.54, 1.807) is 20.4 Å². The molecule has 0 spiro atoms. The molecule has 0 aliphatic rings. The number of rotatable bonds is 6. The number of ether oxygens (including phenoxy) is 2. The van der Waals surface area contributed by atoms with Crippen LogP contribution in [0.1, 0.15) is 5.56 Å². The highest BCUT2D eigenvalue weighted by molar-refractivity contribution is 5.75. The van der Waals surface area contributed by atoms with Crippen molar-refractivity contribution >= 4 is 0 Å². The van der Waals surface area contributed by atoms with E-state index in [9.17, 15) is 0 Å². The molecule has 4 aromatic rings. The van der Waals surface area contributed by atoms with Crippen LogP contribution in [0, 0.1) is 0 Å². The third-order valence-electron chi connectivity index (χ3n) is 4.79. The van der Waals surface area contributed by atoms with Crippen LogP contribution >= 0.6 is 0 Å². The molecule has 140 valence electrons. The van der Waals surface area contributed by atoms with Gasteiger partial charge in [-0.1, -0.05) is 30.3 Å². The van der Waals surface area contributed by atoms with E-state index >= 15 is 0 Å². The Labute approximate surface area is 165 Å². The predicted molar refractivity (Wildman–Crippen MR) is 112 cm³/mol. The Kier molecular flexibility index (Phi) is 5.11. The van der Waals surface area contributed by atoms with E-state index in [4.69, 9.17) is 9.47 Å². The lowest BCUT2D eigenvalue weighted by atomic mass is 10.0. The molecule has 0 aliphatic heterocycles. The van der Waals surface area contributed by atoms with Crippen LogP contribution in [0.4, 0.5) is 0 Å². The SMILES string of the molecule is COc1cccc(OC)c1-c1cccn1Cc1cccc(-c2cccnc2)c1. The van der Waals surface area contributed by atoms with Crippen molar-refractivity contribution in [3.8, 4) is 33.9 Å². The fraction of sp³-hybridized carbons (Fsp3) is 0.125. The molecule has 2 aromatic heterocycles. The van der Waals surface area contributed by atoms with Crippen molar-refractivity contribution in [2.45, 2.75) is 6.54 Å². The zero-order chi connectivity index (χ0) is 19.3. The van der Waals surface area contributed by atoms with Crippen LogP contribution < -0.4 is 9.47 Å². The summed E-state index contributed by atoms with van der Waals surface area (Å²) in [4.78, 5) is 4.23. The molecule has 0 radical (unpaired) electrons. The van der Waals surface area contributed by atoms with Crippen LogP contribution in [-0.2, 0) is 6.54 Å². The summed E-state index contributed by atoms with van der Waals surface area (Å²) in [5, 5.41) is 0. The Bertz CT molecular complexity index is 1050. The molecule has 0 bridgehead atoms. The molecular formula is C24H22N2O2. The summed E-state index contributed by atoms with van der Waals surface area (Å²) in [5.41, 5.74) is 5.51. The quantitative estimate of drug-likeness (QED) is 0.463. The van der Waals surface area contributed by atoms with E-state index in [1.807, 2.05) is 36.5 Å². The number of benzene rings is 2. The van der Waals surface area contributed by atoms with Gasteiger partial charge >= 0.3 is 0 Å². The summed E-state index contributed by atoms with van der Waals surface area (Å²) in [7, 11) is 3.37. The van der Waals surface area contributed by atoms with Crippen molar-refractivity contribution in [3.63, 3.8) is 0 Å². The second-order valence-corrected chi connectivity index (χ2v) is 6.50. The second kappa shape index (κ2) is 8.01. The maximum absolute atomic E-state index is 5.59. The van der Waals surface area contributed by atoms with E-state index in [2.05, 4.69) is 52.1 Å². The summed E-state index contributed by atoms with van der Waals surface area (Å²) < 4.78 is 13.4. The molecule has 0 aliphatic carbocycles. The average Bonchev–Trinajstić information content (AvgIpc) is 3.21. The minimum absolute atomic E-state index is 0.748. The Morgan fingerprint density at radius 1 is 0.821 bits per heavy atom. The summed E-state index contributed by atoms with van der Waals surface area (Å²) in [5.74, 6) is 1.59. The van der Waals surface area contributed by atoms with Crippen LogP contribution in [0.5, 0.6) is 11.5 Å². The zero-order valence-electron chi connectivity index (χ0n) is 16.0. The molecule has 0 amide bonds. The Morgan fingerprint density at radius 2 is 1.57 bits per heavy atom. The van der Waals surface area contributed by atoms with Crippen LogP contribution in [0.25, 0.3) is 22.4 Å². The lowest BCUT2D eigenvalue weighted by Gasteiger charge is -2.16. The monoisotopic (exact) mass is 370 g/mol. The molecule has 0 saturated heterocycles. The highest BCUT2D eigenvalue weighted by Crippen LogP contribution is 2.38. The van der Waals surface area contributed by atoms with Crippen molar-refractivity contribution in [3.05, 3.63) is 90.9 Å². The topological polar surface area (TPSA) is 36.3 Å². The molecule has 0 fully saturated rings. The Morgan fingerprint density at radius 3 is 2.29 bits per heavy atom. The van der Waals surface area contributed by atoms with E-state index < -0.39 is 0 Å². The first kappa shape index (κ1) is 17.9. The van der Waals surface area contributed by atoms with Gasteiger partial charge in [0.05, 0.1) is 25.5 Å². The molecule has 0 unspecified atom stereocenters. The first-order chi connectivity index (χ1) is 13.8. The molecule has 4 heteroatoms. The molecule has 0 saturated carbocycles. The molecule has 2 aromatic carbocycles. The summed E-state index contributed by atoms with van der Waals surface area (Å²) >= 11 is 0.